The summed E-state index contributed by atoms with van der Waals surface area (Å²) in [5, 5.41) is 0. The third-order valence-electron chi connectivity index (χ3n) is 2.09. The first-order valence-electron chi connectivity index (χ1n) is 3.70. The topological polar surface area (TPSA) is 17.1 Å². The van der Waals surface area contributed by atoms with E-state index in [1.165, 1.54) is 0 Å². The third-order valence-corrected chi connectivity index (χ3v) is 2.95. The molecule has 0 aliphatic carbocycles. The Morgan fingerprint density at radius 1 is 1.40 bits per heavy atom. The van der Waals surface area contributed by atoms with Crippen LogP contribution in [0.5, 0.6) is 0 Å². The number of rotatable bonds is 5. The molecule has 0 aromatic rings. The van der Waals surface area contributed by atoms with Gasteiger partial charge in [-0.15, -0.1) is 0 Å². The second-order valence-corrected chi connectivity index (χ2v) is 3.49. The van der Waals surface area contributed by atoms with E-state index in [1.54, 1.807) is 11.8 Å². The minimum Gasteiger partial charge on any atom is -0.303 e. The average molecular weight is 160 g/mol. The van der Waals surface area contributed by atoms with E-state index in [0.29, 0.717) is 0 Å². The number of aldehydes is 1. The Morgan fingerprint density at radius 3 is 2.00 bits per heavy atom. The average Bonchev–Trinajstić information content (AvgIpc) is 2.01. The van der Waals surface area contributed by atoms with Crippen LogP contribution in [0, 0.1) is 5.41 Å². The Morgan fingerprint density at radius 2 is 1.90 bits per heavy atom. The maximum atomic E-state index is 10.7. The molecule has 1 nitrogen and oxygen atoms in total. The van der Waals surface area contributed by atoms with Crippen LogP contribution in [0.1, 0.15) is 26.7 Å². The first-order chi connectivity index (χ1) is 4.74. The lowest BCUT2D eigenvalue weighted by Gasteiger charge is -2.23. The summed E-state index contributed by atoms with van der Waals surface area (Å²) in [5.74, 6) is 0.962. The lowest BCUT2D eigenvalue weighted by Crippen LogP contribution is -2.23. The summed E-state index contributed by atoms with van der Waals surface area (Å²) in [6, 6.07) is 0. The Bertz CT molecular complexity index is 97.4. The maximum absolute atomic E-state index is 10.7. The van der Waals surface area contributed by atoms with Crippen molar-refractivity contribution in [2.75, 3.05) is 12.0 Å². The van der Waals surface area contributed by atoms with E-state index < -0.39 is 0 Å². The van der Waals surface area contributed by atoms with Gasteiger partial charge < -0.3 is 4.79 Å². The van der Waals surface area contributed by atoms with E-state index >= 15 is 0 Å². The van der Waals surface area contributed by atoms with Gasteiger partial charge in [0.2, 0.25) is 0 Å². The first-order valence-corrected chi connectivity index (χ1v) is 5.09. The Hall–Kier alpha value is 0.0200. The molecule has 0 bridgehead atoms. The van der Waals surface area contributed by atoms with Gasteiger partial charge in [0.1, 0.15) is 6.29 Å². The summed E-state index contributed by atoms with van der Waals surface area (Å²) in [6.45, 7) is 4.16. The van der Waals surface area contributed by atoms with Crippen molar-refractivity contribution < 1.29 is 4.79 Å². The Kier molecular flexibility index (Phi) is 4.79. The predicted molar refractivity (Wildman–Crippen MR) is 47.5 cm³/mol. The quantitative estimate of drug-likeness (QED) is 0.574. The normalized spacial score (nSPS) is 11.5. The van der Waals surface area contributed by atoms with Crippen LogP contribution in [-0.2, 0) is 4.79 Å². The fourth-order valence-electron chi connectivity index (χ4n) is 0.942. The van der Waals surface area contributed by atoms with Crippen molar-refractivity contribution in [2.24, 2.45) is 5.41 Å². The SMILES string of the molecule is CCC(C=O)(CC)CSC. The molecule has 0 fully saturated rings. The number of carbonyl (C=O) groups excluding carboxylic acids is 1. The molecule has 0 aliphatic heterocycles. The summed E-state index contributed by atoms with van der Waals surface area (Å²) < 4.78 is 0. The summed E-state index contributed by atoms with van der Waals surface area (Å²) in [7, 11) is 0. The fraction of sp³-hybridized carbons (Fsp3) is 0.875. The molecule has 0 aromatic heterocycles. The van der Waals surface area contributed by atoms with Gasteiger partial charge in [0.05, 0.1) is 0 Å². The maximum Gasteiger partial charge on any atom is 0.126 e. The zero-order valence-corrected chi connectivity index (χ0v) is 7.83. The molecule has 0 aromatic carbocycles. The van der Waals surface area contributed by atoms with Crippen molar-refractivity contribution in [1.82, 2.24) is 0 Å². The van der Waals surface area contributed by atoms with Crippen LogP contribution in [0.15, 0.2) is 0 Å². The second kappa shape index (κ2) is 4.78. The molecular formula is C8H16OS. The number of carbonyl (C=O) groups is 1. The van der Waals surface area contributed by atoms with Crippen molar-refractivity contribution >= 4 is 18.0 Å². The van der Waals surface area contributed by atoms with Gasteiger partial charge in [0.15, 0.2) is 0 Å². The molecule has 0 saturated heterocycles. The largest absolute Gasteiger partial charge is 0.303 e. The standard InChI is InChI=1S/C8H16OS/c1-4-8(5-2,6-9)7-10-3/h6H,4-5,7H2,1-3H3. The van der Waals surface area contributed by atoms with Crippen LogP contribution in [0.3, 0.4) is 0 Å². The number of hydrogen-bond donors (Lipinski definition) is 0. The van der Waals surface area contributed by atoms with E-state index in [9.17, 15) is 4.79 Å². The molecule has 2 heteroatoms. The highest BCUT2D eigenvalue weighted by Crippen LogP contribution is 2.26. The summed E-state index contributed by atoms with van der Waals surface area (Å²) >= 11 is 1.75. The van der Waals surface area contributed by atoms with E-state index in [-0.39, 0.29) is 5.41 Å². The lowest BCUT2D eigenvalue weighted by molar-refractivity contribution is -0.115. The van der Waals surface area contributed by atoms with Crippen LogP contribution < -0.4 is 0 Å². The van der Waals surface area contributed by atoms with Gasteiger partial charge in [-0.1, -0.05) is 13.8 Å². The van der Waals surface area contributed by atoms with E-state index in [0.717, 1.165) is 24.9 Å². The number of hydrogen-bond acceptors (Lipinski definition) is 2. The molecule has 0 saturated carbocycles. The molecule has 0 aliphatic rings. The lowest BCUT2D eigenvalue weighted by atomic mass is 9.86. The van der Waals surface area contributed by atoms with Crippen LogP contribution in [0.2, 0.25) is 0 Å². The monoisotopic (exact) mass is 160 g/mol. The molecule has 10 heavy (non-hydrogen) atoms. The predicted octanol–water partition coefficient (Wildman–Crippen LogP) is 2.35. The highest BCUT2D eigenvalue weighted by atomic mass is 32.2. The van der Waals surface area contributed by atoms with Gasteiger partial charge >= 0.3 is 0 Å². The second-order valence-electron chi connectivity index (χ2n) is 2.62. The highest BCUT2D eigenvalue weighted by molar-refractivity contribution is 7.98. The summed E-state index contributed by atoms with van der Waals surface area (Å²) in [5.41, 5.74) is -0.0422. The van der Waals surface area contributed by atoms with E-state index in [4.69, 9.17) is 0 Å². The van der Waals surface area contributed by atoms with Crippen molar-refractivity contribution in [2.45, 2.75) is 26.7 Å². The first kappa shape index (κ1) is 10.0. The molecule has 0 rings (SSSR count). The molecule has 0 N–H and O–H groups in total. The molecule has 0 spiro atoms. The highest BCUT2D eigenvalue weighted by Gasteiger charge is 2.23. The summed E-state index contributed by atoms with van der Waals surface area (Å²) in [6.07, 6.45) is 5.09. The van der Waals surface area contributed by atoms with Gasteiger partial charge in [-0.3, -0.25) is 0 Å². The Labute approximate surface area is 67.6 Å². The Balaban J connectivity index is 4.00. The molecule has 0 heterocycles. The molecule has 0 unspecified atom stereocenters. The fourth-order valence-corrected chi connectivity index (χ4v) is 1.99. The molecule has 0 amide bonds. The minimum absolute atomic E-state index is 0.0422. The molecule has 0 radical (unpaired) electrons. The van der Waals surface area contributed by atoms with Crippen molar-refractivity contribution in [1.29, 1.82) is 0 Å². The number of thioether (sulfide) groups is 1. The van der Waals surface area contributed by atoms with Crippen LogP contribution in [0.4, 0.5) is 0 Å². The van der Waals surface area contributed by atoms with Crippen LogP contribution >= 0.6 is 11.8 Å². The van der Waals surface area contributed by atoms with Crippen molar-refractivity contribution in [3.05, 3.63) is 0 Å². The smallest absolute Gasteiger partial charge is 0.126 e. The van der Waals surface area contributed by atoms with Gasteiger partial charge in [0, 0.05) is 11.2 Å². The zero-order chi connectivity index (χ0) is 8.04. The van der Waals surface area contributed by atoms with Gasteiger partial charge in [-0.2, -0.15) is 11.8 Å². The van der Waals surface area contributed by atoms with Crippen LogP contribution in [-0.4, -0.2) is 18.3 Å². The molecule has 60 valence electrons. The van der Waals surface area contributed by atoms with E-state index in [2.05, 4.69) is 13.8 Å². The van der Waals surface area contributed by atoms with Gasteiger partial charge in [-0.05, 0) is 19.1 Å². The zero-order valence-electron chi connectivity index (χ0n) is 7.02. The van der Waals surface area contributed by atoms with E-state index in [1.807, 2.05) is 6.26 Å². The van der Waals surface area contributed by atoms with Gasteiger partial charge in [0.25, 0.3) is 0 Å². The minimum atomic E-state index is -0.0422. The third kappa shape index (κ3) is 2.33. The van der Waals surface area contributed by atoms with Gasteiger partial charge in [-0.25, -0.2) is 0 Å². The van der Waals surface area contributed by atoms with Crippen molar-refractivity contribution in [3.8, 4) is 0 Å². The van der Waals surface area contributed by atoms with Crippen molar-refractivity contribution in [3.63, 3.8) is 0 Å². The summed E-state index contributed by atoms with van der Waals surface area (Å²) in [4.78, 5) is 10.7. The molecule has 0 atom stereocenters. The van der Waals surface area contributed by atoms with Crippen LogP contribution in [0.25, 0.3) is 0 Å². The molecular weight excluding hydrogens is 144 g/mol.